The summed E-state index contributed by atoms with van der Waals surface area (Å²) < 4.78 is 0. The maximum Gasteiger partial charge on any atom is 0.0456 e. The molecule has 0 aliphatic carbocycles. The largest absolute Gasteiger partial charge is 0.312 e. The second-order valence-electron chi connectivity index (χ2n) is 5.37. The molecule has 1 atom stereocenters. The van der Waals surface area contributed by atoms with Crippen molar-refractivity contribution in [2.24, 2.45) is 0 Å². The number of hydrogen-bond donors (Lipinski definition) is 1. The topological polar surface area (TPSA) is 12.0 Å². The lowest BCUT2D eigenvalue weighted by Gasteiger charge is -2.17. The summed E-state index contributed by atoms with van der Waals surface area (Å²) in [5.74, 6) is 0. The van der Waals surface area contributed by atoms with Crippen LogP contribution in [0.5, 0.6) is 0 Å². The van der Waals surface area contributed by atoms with Gasteiger partial charge in [0.25, 0.3) is 0 Å². The van der Waals surface area contributed by atoms with E-state index in [1.54, 1.807) is 0 Å². The summed E-state index contributed by atoms with van der Waals surface area (Å²) >= 11 is 1.91. The van der Waals surface area contributed by atoms with Gasteiger partial charge in [-0.15, -0.1) is 11.3 Å². The Bertz CT molecular complexity index is 569. The fraction of sp³-hybridized carbons (Fsp3) is 0.412. The van der Waals surface area contributed by atoms with Gasteiger partial charge in [0.05, 0.1) is 0 Å². The molecule has 2 aromatic rings. The average molecular weight is 273 g/mol. The zero-order chi connectivity index (χ0) is 14.0. The van der Waals surface area contributed by atoms with E-state index in [1.165, 1.54) is 32.0 Å². The molecule has 1 aromatic heterocycles. The van der Waals surface area contributed by atoms with E-state index in [2.05, 4.69) is 64.3 Å². The molecule has 0 amide bonds. The number of nitrogens with one attached hydrogen (secondary N) is 1. The van der Waals surface area contributed by atoms with Gasteiger partial charge >= 0.3 is 0 Å². The third-order valence-corrected chi connectivity index (χ3v) is 5.02. The van der Waals surface area contributed by atoms with E-state index in [4.69, 9.17) is 0 Å². The Morgan fingerprint density at radius 3 is 2.26 bits per heavy atom. The monoisotopic (exact) mass is 273 g/mol. The van der Waals surface area contributed by atoms with Crippen LogP contribution in [0.2, 0.25) is 0 Å². The van der Waals surface area contributed by atoms with Gasteiger partial charge in [0.2, 0.25) is 0 Å². The van der Waals surface area contributed by atoms with Crippen molar-refractivity contribution in [3.8, 4) is 0 Å². The number of hydrogen-bond acceptors (Lipinski definition) is 2. The first-order valence-electron chi connectivity index (χ1n) is 6.81. The predicted molar refractivity (Wildman–Crippen MR) is 85.2 cm³/mol. The molecule has 0 saturated carbocycles. The third kappa shape index (κ3) is 3.26. The van der Waals surface area contributed by atoms with E-state index in [-0.39, 0.29) is 0 Å². The second-order valence-corrected chi connectivity index (χ2v) is 6.66. The number of rotatable bonds is 4. The highest BCUT2D eigenvalue weighted by Gasteiger charge is 2.15. The normalized spacial score (nSPS) is 12.7. The van der Waals surface area contributed by atoms with E-state index in [0.717, 1.165) is 6.42 Å². The number of likely N-dealkylation sites (N-methyl/N-ethyl adjacent to an activating group) is 1. The van der Waals surface area contributed by atoms with Crippen LogP contribution < -0.4 is 5.32 Å². The zero-order valence-electron chi connectivity index (χ0n) is 12.5. The molecule has 1 nitrogen and oxygen atoms in total. The van der Waals surface area contributed by atoms with Crippen LogP contribution in [-0.2, 0) is 6.42 Å². The summed E-state index contributed by atoms with van der Waals surface area (Å²) in [6.45, 7) is 8.75. The van der Waals surface area contributed by atoms with Crippen molar-refractivity contribution in [3.63, 3.8) is 0 Å². The fourth-order valence-electron chi connectivity index (χ4n) is 2.50. The minimum Gasteiger partial charge on any atom is -0.312 e. The van der Waals surface area contributed by atoms with Crippen molar-refractivity contribution in [2.45, 2.75) is 40.2 Å². The molecule has 2 heteroatoms. The van der Waals surface area contributed by atoms with Gasteiger partial charge in [-0.2, -0.15) is 0 Å². The molecule has 0 spiro atoms. The molecule has 0 fully saturated rings. The summed E-state index contributed by atoms with van der Waals surface area (Å²) in [7, 11) is 2.06. The zero-order valence-corrected chi connectivity index (χ0v) is 13.3. The van der Waals surface area contributed by atoms with Crippen molar-refractivity contribution in [1.82, 2.24) is 5.32 Å². The molecule has 0 saturated heterocycles. The van der Waals surface area contributed by atoms with Gasteiger partial charge in [-0.3, -0.25) is 0 Å². The molecule has 19 heavy (non-hydrogen) atoms. The fourth-order valence-corrected chi connectivity index (χ4v) is 3.64. The summed E-state index contributed by atoms with van der Waals surface area (Å²) in [6, 6.07) is 9.49. The second kappa shape index (κ2) is 5.89. The molecule has 2 rings (SSSR count). The van der Waals surface area contributed by atoms with Crippen molar-refractivity contribution in [1.29, 1.82) is 0 Å². The van der Waals surface area contributed by atoms with E-state index in [0.29, 0.717) is 6.04 Å². The van der Waals surface area contributed by atoms with Crippen LogP contribution in [0.3, 0.4) is 0 Å². The van der Waals surface area contributed by atoms with Gasteiger partial charge in [-0.25, -0.2) is 0 Å². The van der Waals surface area contributed by atoms with Crippen LogP contribution in [0.15, 0.2) is 24.3 Å². The number of aryl methyl sites for hydroxylation is 4. The summed E-state index contributed by atoms with van der Waals surface area (Å²) in [5.41, 5.74) is 5.57. The molecule has 1 aromatic carbocycles. The molecule has 102 valence electrons. The lowest BCUT2D eigenvalue weighted by molar-refractivity contribution is 0.599. The highest BCUT2D eigenvalue weighted by molar-refractivity contribution is 7.12. The van der Waals surface area contributed by atoms with E-state index < -0.39 is 0 Å². The highest BCUT2D eigenvalue weighted by atomic mass is 32.1. The van der Waals surface area contributed by atoms with Crippen LogP contribution in [0, 0.1) is 27.7 Å². The quantitative estimate of drug-likeness (QED) is 0.865. The van der Waals surface area contributed by atoms with Crippen molar-refractivity contribution < 1.29 is 0 Å². The summed E-state index contributed by atoms with van der Waals surface area (Å²) in [4.78, 5) is 2.87. The summed E-state index contributed by atoms with van der Waals surface area (Å²) in [5, 5.41) is 3.47. The lowest BCUT2D eigenvalue weighted by atomic mass is 9.99. The van der Waals surface area contributed by atoms with E-state index >= 15 is 0 Å². The minimum atomic E-state index is 0.417. The standard InChI is InChI=1S/C17H23NS/c1-11-6-7-15(9-12(11)2)10-16(18-5)17-13(3)8-14(4)19-17/h6-9,16,18H,10H2,1-5H3. The molecule has 1 unspecified atom stereocenters. The van der Waals surface area contributed by atoms with Crippen molar-refractivity contribution in [2.75, 3.05) is 7.05 Å². The Hall–Kier alpha value is -1.12. The Morgan fingerprint density at radius 1 is 1.00 bits per heavy atom. The molecule has 0 radical (unpaired) electrons. The molecular weight excluding hydrogens is 250 g/mol. The van der Waals surface area contributed by atoms with Gasteiger partial charge in [0.15, 0.2) is 0 Å². The van der Waals surface area contributed by atoms with Gasteiger partial charge in [-0.05, 0) is 69.5 Å². The first-order chi connectivity index (χ1) is 9.01. The first kappa shape index (κ1) is 14.3. The van der Waals surface area contributed by atoms with Gasteiger partial charge in [-0.1, -0.05) is 18.2 Å². The van der Waals surface area contributed by atoms with Crippen LogP contribution >= 0.6 is 11.3 Å². The molecule has 0 aliphatic rings. The Kier molecular flexibility index (Phi) is 4.43. The molecule has 1 heterocycles. The van der Waals surface area contributed by atoms with E-state index in [1.807, 2.05) is 11.3 Å². The minimum absolute atomic E-state index is 0.417. The van der Waals surface area contributed by atoms with Crippen LogP contribution in [-0.4, -0.2) is 7.05 Å². The number of benzene rings is 1. The molecular formula is C17H23NS. The Labute approximate surface area is 120 Å². The maximum atomic E-state index is 3.47. The molecule has 0 aliphatic heterocycles. The van der Waals surface area contributed by atoms with Gasteiger partial charge < -0.3 is 5.32 Å². The lowest BCUT2D eigenvalue weighted by Crippen LogP contribution is -2.18. The Balaban J connectivity index is 2.23. The predicted octanol–water partition coefficient (Wildman–Crippen LogP) is 4.48. The number of thiophene rings is 1. The van der Waals surface area contributed by atoms with Crippen LogP contribution in [0.4, 0.5) is 0 Å². The van der Waals surface area contributed by atoms with Gasteiger partial charge in [0.1, 0.15) is 0 Å². The maximum absolute atomic E-state index is 3.47. The van der Waals surface area contributed by atoms with Crippen LogP contribution in [0.25, 0.3) is 0 Å². The van der Waals surface area contributed by atoms with Crippen molar-refractivity contribution in [3.05, 3.63) is 56.3 Å². The van der Waals surface area contributed by atoms with Crippen molar-refractivity contribution >= 4 is 11.3 Å². The van der Waals surface area contributed by atoms with Crippen LogP contribution in [0.1, 0.15) is 38.0 Å². The molecule has 1 N–H and O–H groups in total. The Morgan fingerprint density at radius 2 is 1.74 bits per heavy atom. The first-order valence-corrected chi connectivity index (χ1v) is 7.63. The SMILES string of the molecule is CNC(Cc1ccc(C)c(C)c1)c1sc(C)cc1C. The summed E-state index contributed by atoms with van der Waals surface area (Å²) in [6.07, 6.45) is 1.05. The van der Waals surface area contributed by atoms with Gasteiger partial charge in [0, 0.05) is 15.8 Å². The average Bonchev–Trinajstić information content (AvgIpc) is 2.70. The smallest absolute Gasteiger partial charge is 0.0456 e. The molecule has 0 bridgehead atoms. The highest BCUT2D eigenvalue weighted by Crippen LogP contribution is 2.29. The van der Waals surface area contributed by atoms with E-state index in [9.17, 15) is 0 Å². The third-order valence-electron chi connectivity index (χ3n) is 3.76.